The van der Waals surface area contributed by atoms with Gasteiger partial charge in [0.25, 0.3) is 6.43 Å². The smallest absolute Gasteiger partial charge is 0.305 e. The number of ether oxygens (including phenoxy) is 1. The number of benzene rings is 1. The van der Waals surface area contributed by atoms with Crippen molar-refractivity contribution in [2.45, 2.75) is 19.3 Å². The highest BCUT2D eigenvalue weighted by Crippen LogP contribution is 2.23. The highest BCUT2D eigenvalue weighted by Gasteiger charge is 2.10. The van der Waals surface area contributed by atoms with E-state index < -0.39 is 6.43 Å². The Morgan fingerprint density at radius 1 is 1.50 bits per heavy atom. The molecule has 0 unspecified atom stereocenters. The number of carbonyl (C=O) groups excluding carboxylic acids is 1. The van der Waals surface area contributed by atoms with Gasteiger partial charge >= 0.3 is 5.97 Å². The van der Waals surface area contributed by atoms with Crippen LogP contribution in [0.1, 0.15) is 24.0 Å². The number of methoxy groups -OCH3 is 1. The van der Waals surface area contributed by atoms with Crippen LogP contribution in [0.5, 0.6) is 0 Å². The Morgan fingerprint density at radius 3 is 2.75 bits per heavy atom. The first kappa shape index (κ1) is 13.3. The zero-order valence-electron chi connectivity index (χ0n) is 8.67. The van der Waals surface area contributed by atoms with Crippen molar-refractivity contribution in [2.75, 3.05) is 7.11 Å². The van der Waals surface area contributed by atoms with Crippen molar-refractivity contribution >= 4 is 28.6 Å². The topological polar surface area (TPSA) is 26.3 Å². The highest BCUT2D eigenvalue weighted by molar-refractivity contribution is 14.1. The second-order valence-electron chi connectivity index (χ2n) is 3.23. The van der Waals surface area contributed by atoms with Gasteiger partial charge in [-0.3, -0.25) is 4.79 Å². The van der Waals surface area contributed by atoms with Crippen LogP contribution in [-0.4, -0.2) is 13.1 Å². The Morgan fingerprint density at radius 2 is 2.19 bits per heavy atom. The van der Waals surface area contributed by atoms with E-state index in [9.17, 15) is 13.6 Å². The molecule has 16 heavy (non-hydrogen) atoms. The maximum absolute atomic E-state index is 12.4. The molecule has 0 saturated carbocycles. The number of rotatable bonds is 4. The van der Waals surface area contributed by atoms with Crippen molar-refractivity contribution in [1.29, 1.82) is 0 Å². The van der Waals surface area contributed by atoms with Gasteiger partial charge in [0, 0.05) is 15.6 Å². The minimum absolute atomic E-state index is 0.0136. The number of hydrogen-bond donors (Lipinski definition) is 0. The average Bonchev–Trinajstić information content (AvgIpc) is 2.27. The molecule has 0 fully saturated rings. The fourth-order valence-corrected chi connectivity index (χ4v) is 1.87. The highest BCUT2D eigenvalue weighted by atomic mass is 127. The van der Waals surface area contributed by atoms with Crippen molar-refractivity contribution in [3.05, 3.63) is 32.9 Å². The minimum atomic E-state index is -2.48. The molecule has 0 aliphatic carbocycles. The van der Waals surface area contributed by atoms with Gasteiger partial charge in [-0.25, -0.2) is 8.78 Å². The number of aryl methyl sites for hydroxylation is 1. The van der Waals surface area contributed by atoms with Crippen LogP contribution >= 0.6 is 22.6 Å². The van der Waals surface area contributed by atoms with E-state index in [1.54, 1.807) is 6.07 Å². The standard InChI is InChI=1S/C11H11F2IO2/c1-16-10(15)5-3-7-6-8(11(12)13)2-4-9(7)14/h2,4,6,11H,3,5H2,1H3. The van der Waals surface area contributed by atoms with Gasteiger partial charge in [0.15, 0.2) is 0 Å². The zero-order chi connectivity index (χ0) is 12.1. The monoisotopic (exact) mass is 340 g/mol. The summed E-state index contributed by atoms with van der Waals surface area (Å²) >= 11 is 2.06. The van der Waals surface area contributed by atoms with Crippen LogP contribution in [0.2, 0.25) is 0 Å². The van der Waals surface area contributed by atoms with E-state index in [0.717, 1.165) is 9.13 Å². The van der Waals surface area contributed by atoms with Crippen LogP contribution in [0.15, 0.2) is 18.2 Å². The summed E-state index contributed by atoms with van der Waals surface area (Å²) in [7, 11) is 1.31. The normalized spacial score (nSPS) is 10.6. The zero-order valence-corrected chi connectivity index (χ0v) is 10.8. The summed E-state index contributed by atoms with van der Waals surface area (Å²) in [6.07, 6.45) is -1.85. The molecule has 0 heterocycles. The van der Waals surface area contributed by atoms with E-state index in [2.05, 4.69) is 27.3 Å². The first-order chi connectivity index (χ1) is 7.54. The second kappa shape index (κ2) is 6.12. The minimum Gasteiger partial charge on any atom is -0.469 e. The molecule has 2 nitrogen and oxygen atoms in total. The van der Waals surface area contributed by atoms with Crippen molar-refractivity contribution in [3.63, 3.8) is 0 Å². The Kier molecular flexibility index (Phi) is 5.11. The van der Waals surface area contributed by atoms with E-state index in [0.29, 0.717) is 6.42 Å². The Hall–Kier alpha value is -0.720. The molecule has 88 valence electrons. The number of alkyl halides is 2. The maximum atomic E-state index is 12.4. The molecule has 0 saturated heterocycles. The Labute approximate surface area is 106 Å². The summed E-state index contributed by atoms with van der Waals surface area (Å²) in [5, 5.41) is 0. The van der Waals surface area contributed by atoms with Gasteiger partial charge in [-0.15, -0.1) is 0 Å². The van der Waals surface area contributed by atoms with Crippen LogP contribution < -0.4 is 0 Å². The lowest BCUT2D eigenvalue weighted by Gasteiger charge is -2.06. The molecule has 0 bridgehead atoms. The van der Waals surface area contributed by atoms with E-state index in [-0.39, 0.29) is 18.0 Å². The van der Waals surface area contributed by atoms with Gasteiger partial charge in [0.05, 0.1) is 7.11 Å². The van der Waals surface area contributed by atoms with E-state index in [4.69, 9.17) is 0 Å². The molecule has 0 aliphatic rings. The first-order valence-corrected chi connectivity index (χ1v) is 5.75. The van der Waals surface area contributed by atoms with Gasteiger partial charge in [-0.1, -0.05) is 6.07 Å². The lowest BCUT2D eigenvalue weighted by atomic mass is 10.1. The van der Waals surface area contributed by atoms with Crippen molar-refractivity contribution in [3.8, 4) is 0 Å². The molecular formula is C11H11F2IO2. The van der Waals surface area contributed by atoms with Gasteiger partial charge in [0.1, 0.15) is 0 Å². The molecule has 0 atom stereocenters. The molecule has 0 radical (unpaired) electrons. The molecule has 1 aromatic carbocycles. The molecule has 0 aliphatic heterocycles. The van der Waals surface area contributed by atoms with Crippen LogP contribution in [0.3, 0.4) is 0 Å². The third-order valence-electron chi connectivity index (χ3n) is 2.15. The maximum Gasteiger partial charge on any atom is 0.305 e. The fraction of sp³-hybridized carbons (Fsp3) is 0.364. The summed E-state index contributed by atoms with van der Waals surface area (Å²) in [6, 6.07) is 4.47. The second-order valence-corrected chi connectivity index (χ2v) is 4.39. The summed E-state index contributed by atoms with van der Waals surface area (Å²) in [4.78, 5) is 10.9. The van der Waals surface area contributed by atoms with Gasteiger partial charge in [0.2, 0.25) is 0 Å². The largest absolute Gasteiger partial charge is 0.469 e. The summed E-state index contributed by atoms with van der Waals surface area (Å²) < 4.78 is 30.3. The van der Waals surface area contributed by atoms with Gasteiger partial charge < -0.3 is 4.74 Å². The molecular weight excluding hydrogens is 329 g/mol. The summed E-state index contributed by atoms with van der Waals surface area (Å²) in [6.45, 7) is 0. The predicted molar refractivity (Wildman–Crippen MR) is 64.5 cm³/mol. The number of hydrogen-bond acceptors (Lipinski definition) is 2. The van der Waals surface area contributed by atoms with Gasteiger partial charge in [-0.2, -0.15) is 0 Å². The summed E-state index contributed by atoms with van der Waals surface area (Å²) in [5.74, 6) is -0.335. The summed E-state index contributed by atoms with van der Waals surface area (Å²) in [5.41, 5.74) is 0.740. The Bertz CT molecular complexity index is 380. The molecule has 1 rings (SSSR count). The molecule has 0 N–H and O–H groups in total. The van der Waals surface area contributed by atoms with Crippen molar-refractivity contribution in [1.82, 2.24) is 0 Å². The van der Waals surface area contributed by atoms with Gasteiger partial charge in [-0.05, 0) is 46.7 Å². The van der Waals surface area contributed by atoms with E-state index in [1.165, 1.54) is 19.2 Å². The molecule has 1 aromatic rings. The van der Waals surface area contributed by atoms with Crippen molar-refractivity contribution < 1.29 is 18.3 Å². The first-order valence-electron chi connectivity index (χ1n) is 4.68. The number of halogens is 3. The lowest BCUT2D eigenvalue weighted by molar-refractivity contribution is -0.140. The van der Waals surface area contributed by atoms with Crippen LogP contribution in [-0.2, 0) is 16.0 Å². The Balaban J connectivity index is 2.78. The van der Waals surface area contributed by atoms with Crippen molar-refractivity contribution in [2.24, 2.45) is 0 Å². The third-order valence-corrected chi connectivity index (χ3v) is 3.20. The SMILES string of the molecule is COC(=O)CCc1cc(C(F)F)ccc1I. The molecule has 5 heteroatoms. The predicted octanol–water partition coefficient (Wildman–Crippen LogP) is 3.33. The molecule has 0 amide bonds. The van der Waals surface area contributed by atoms with E-state index in [1.807, 2.05) is 0 Å². The number of carbonyl (C=O) groups is 1. The lowest BCUT2D eigenvalue weighted by Crippen LogP contribution is -2.03. The van der Waals surface area contributed by atoms with Crippen LogP contribution in [0.4, 0.5) is 8.78 Å². The molecule has 0 aromatic heterocycles. The fourth-order valence-electron chi connectivity index (χ4n) is 1.26. The average molecular weight is 340 g/mol. The number of esters is 1. The quantitative estimate of drug-likeness (QED) is 0.621. The van der Waals surface area contributed by atoms with Crippen LogP contribution in [0.25, 0.3) is 0 Å². The van der Waals surface area contributed by atoms with Crippen LogP contribution in [0, 0.1) is 3.57 Å². The molecule has 0 spiro atoms. The third kappa shape index (κ3) is 3.70. The van der Waals surface area contributed by atoms with E-state index >= 15 is 0 Å².